The summed E-state index contributed by atoms with van der Waals surface area (Å²) in [6.45, 7) is 2.03. The van der Waals surface area contributed by atoms with Crippen LogP contribution >= 0.6 is 15.9 Å². The normalized spacial score (nSPS) is 11.5. The summed E-state index contributed by atoms with van der Waals surface area (Å²) in [5.74, 6) is 0.137. The molecule has 2 aromatic carbocycles. The van der Waals surface area contributed by atoms with Gasteiger partial charge in [-0.25, -0.2) is 0 Å². The number of hydrogen-bond acceptors (Lipinski definition) is 2. The first-order valence-corrected chi connectivity index (χ1v) is 7.04. The van der Waals surface area contributed by atoms with Gasteiger partial charge in [0.1, 0.15) is 0 Å². The van der Waals surface area contributed by atoms with Crippen LogP contribution in [0.3, 0.4) is 0 Å². The Hall–Kier alpha value is -2.07. The summed E-state index contributed by atoms with van der Waals surface area (Å²) in [6.07, 6.45) is 1.68. The highest BCUT2D eigenvalue weighted by molar-refractivity contribution is 9.10. The zero-order valence-corrected chi connectivity index (χ0v) is 12.5. The third kappa shape index (κ3) is 2.34. The van der Waals surface area contributed by atoms with Crippen LogP contribution in [0.25, 0.3) is 10.9 Å². The van der Waals surface area contributed by atoms with Crippen molar-refractivity contribution in [2.24, 2.45) is 4.99 Å². The van der Waals surface area contributed by atoms with Crippen molar-refractivity contribution >= 4 is 38.7 Å². The molecule has 0 saturated heterocycles. The van der Waals surface area contributed by atoms with E-state index >= 15 is 0 Å². The van der Waals surface area contributed by atoms with E-state index < -0.39 is 0 Å². The van der Waals surface area contributed by atoms with Crippen molar-refractivity contribution in [3.63, 3.8) is 0 Å². The first-order chi connectivity index (χ1) is 9.65. The SMILES string of the molecule is Cc1ccc(N=Cc2c(O)[nH]c3ccccc23)c(Br)c1. The van der Waals surface area contributed by atoms with Crippen molar-refractivity contribution in [3.05, 3.63) is 58.1 Å². The second-order valence-electron chi connectivity index (χ2n) is 4.65. The lowest BCUT2D eigenvalue weighted by Crippen LogP contribution is -1.80. The molecular formula is C16H13BrN2O. The Balaban J connectivity index is 2.04. The van der Waals surface area contributed by atoms with Gasteiger partial charge in [-0.2, -0.15) is 0 Å². The molecule has 1 heterocycles. The number of aryl methyl sites for hydroxylation is 1. The second kappa shape index (κ2) is 5.13. The number of H-pyrrole nitrogens is 1. The molecule has 100 valence electrons. The number of hydrogen-bond donors (Lipinski definition) is 2. The molecule has 4 heteroatoms. The summed E-state index contributed by atoms with van der Waals surface area (Å²) in [7, 11) is 0. The van der Waals surface area contributed by atoms with E-state index in [1.807, 2.05) is 49.4 Å². The molecule has 0 fully saturated rings. The zero-order valence-electron chi connectivity index (χ0n) is 10.9. The smallest absolute Gasteiger partial charge is 0.198 e. The lowest BCUT2D eigenvalue weighted by molar-refractivity contribution is 0.457. The summed E-state index contributed by atoms with van der Waals surface area (Å²) >= 11 is 3.50. The predicted molar refractivity (Wildman–Crippen MR) is 86.1 cm³/mol. The van der Waals surface area contributed by atoms with E-state index in [1.54, 1.807) is 6.21 Å². The molecule has 0 amide bonds. The van der Waals surface area contributed by atoms with Crippen LogP contribution in [0.5, 0.6) is 5.88 Å². The summed E-state index contributed by atoms with van der Waals surface area (Å²) in [6, 6.07) is 13.7. The minimum absolute atomic E-state index is 0.137. The van der Waals surface area contributed by atoms with Gasteiger partial charge >= 0.3 is 0 Å². The number of nitrogens with one attached hydrogen (secondary N) is 1. The van der Waals surface area contributed by atoms with Crippen molar-refractivity contribution < 1.29 is 5.11 Å². The molecule has 0 aliphatic carbocycles. The van der Waals surface area contributed by atoms with Crippen LogP contribution in [0.4, 0.5) is 5.69 Å². The van der Waals surface area contributed by atoms with Crippen molar-refractivity contribution in [3.8, 4) is 5.88 Å². The van der Waals surface area contributed by atoms with E-state index in [-0.39, 0.29) is 5.88 Å². The molecule has 0 aliphatic rings. The van der Waals surface area contributed by atoms with Gasteiger partial charge in [0, 0.05) is 21.6 Å². The van der Waals surface area contributed by atoms with Crippen LogP contribution in [0.1, 0.15) is 11.1 Å². The number of rotatable bonds is 2. The molecule has 0 saturated carbocycles. The fraction of sp³-hybridized carbons (Fsp3) is 0.0625. The number of aromatic amines is 1. The van der Waals surface area contributed by atoms with Gasteiger partial charge in [-0.15, -0.1) is 0 Å². The van der Waals surface area contributed by atoms with Gasteiger partial charge < -0.3 is 10.1 Å². The van der Waals surface area contributed by atoms with E-state index in [9.17, 15) is 5.11 Å². The summed E-state index contributed by atoms with van der Waals surface area (Å²) in [5, 5.41) is 10.9. The average molecular weight is 329 g/mol. The maximum absolute atomic E-state index is 9.97. The second-order valence-corrected chi connectivity index (χ2v) is 5.50. The zero-order chi connectivity index (χ0) is 14.1. The number of aromatic nitrogens is 1. The lowest BCUT2D eigenvalue weighted by Gasteiger charge is -1.99. The number of halogens is 1. The van der Waals surface area contributed by atoms with Crippen molar-refractivity contribution in [2.75, 3.05) is 0 Å². The number of nitrogens with zero attached hydrogens (tertiary/aromatic N) is 1. The number of aromatic hydroxyl groups is 1. The topological polar surface area (TPSA) is 48.4 Å². The van der Waals surface area contributed by atoms with Gasteiger partial charge in [0.05, 0.1) is 11.3 Å². The third-order valence-electron chi connectivity index (χ3n) is 3.16. The van der Waals surface area contributed by atoms with Crippen LogP contribution in [-0.2, 0) is 0 Å². The molecule has 0 aliphatic heterocycles. The standard InChI is InChI=1S/C16H13BrN2O/c1-10-6-7-15(13(17)8-10)18-9-12-11-4-2-3-5-14(11)19-16(12)20/h2-9,19-20H,1H3. The number of fused-ring (bicyclic) bond motifs is 1. The van der Waals surface area contributed by atoms with Crippen molar-refractivity contribution in [1.82, 2.24) is 4.98 Å². The van der Waals surface area contributed by atoms with Crippen molar-refractivity contribution in [2.45, 2.75) is 6.92 Å². The van der Waals surface area contributed by atoms with E-state index in [0.29, 0.717) is 5.56 Å². The van der Waals surface area contributed by atoms with Crippen LogP contribution in [0.2, 0.25) is 0 Å². The molecule has 3 aromatic rings. The Morgan fingerprint density at radius 2 is 2.00 bits per heavy atom. The van der Waals surface area contributed by atoms with E-state index in [1.165, 1.54) is 5.56 Å². The molecule has 1 aromatic heterocycles. The number of aliphatic imine (C=N–C) groups is 1. The summed E-state index contributed by atoms with van der Waals surface area (Å²) in [4.78, 5) is 7.39. The van der Waals surface area contributed by atoms with E-state index in [0.717, 1.165) is 21.1 Å². The number of benzene rings is 2. The Morgan fingerprint density at radius 3 is 2.80 bits per heavy atom. The summed E-state index contributed by atoms with van der Waals surface area (Å²) in [5.41, 5.74) is 3.61. The Morgan fingerprint density at radius 1 is 1.20 bits per heavy atom. The predicted octanol–water partition coefficient (Wildman–Crippen LogP) is 4.70. The Labute approximate surface area is 125 Å². The van der Waals surface area contributed by atoms with E-state index in [2.05, 4.69) is 25.9 Å². The Kier molecular flexibility index (Phi) is 3.32. The summed E-state index contributed by atoms with van der Waals surface area (Å²) < 4.78 is 0.938. The van der Waals surface area contributed by atoms with E-state index in [4.69, 9.17) is 0 Å². The number of para-hydroxylation sites is 1. The monoisotopic (exact) mass is 328 g/mol. The fourth-order valence-electron chi connectivity index (χ4n) is 2.13. The Bertz CT molecular complexity index is 805. The molecule has 0 radical (unpaired) electrons. The molecule has 0 unspecified atom stereocenters. The van der Waals surface area contributed by atoms with Gasteiger partial charge in [-0.1, -0.05) is 24.3 Å². The van der Waals surface area contributed by atoms with Gasteiger partial charge in [0.2, 0.25) is 0 Å². The maximum Gasteiger partial charge on any atom is 0.198 e. The molecule has 3 rings (SSSR count). The maximum atomic E-state index is 9.97. The van der Waals surface area contributed by atoms with Gasteiger partial charge in [-0.05, 0) is 46.6 Å². The van der Waals surface area contributed by atoms with Crippen LogP contribution in [-0.4, -0.2) is 16.3 Å². The van der Waals surface area contributed by atoms with Crippen LogP contribution in [0, 0.1) is 6.92 Å². The minimum atomic E-state index is 0.137. The molecule has 20 heavy (non-hydrogen) atoms. The quantitative estimate of drug-likeness (QED) is 0.658. The van der Waals surface area contributed by atoms with Gasteiger partial charge in [0.25, 0.3) is 0 Å². The minimum Gasteiger partial charge on any atom is -0.494 e. The van der Waals surface area contributed by atoms with Gasteiger partial charge in [0.15, 0.2) is 5.88 Å². The molecule has 0 atom stereocenters. The highest BCUT2D eigenvalue weighted by Gasteiger charge is 2.08. The van der Waals surface area contributed by atoms with Crippen LogP contribution < -0.4 is 0 Å². The molecular weight excluding hydrogens is 316 g/mol. The highest BCUT2D eigenvalue weighted by atomic mass is 79.9. The fourth-order valence-corrected chi connectivity index (χ4v) is 2.73. The third-order valence-corrected chi connectivity index (χ3v) is 3.80. The lowest BCUT2D eigenvalue weighted by atomic mass is 10.2. The average Bonchev–Trinajstić information content (AvgIpc) is 2.74. The highest BCUT2D eigenvalue weighted by Crippen LogP contribution is 2.29. The first kappa shape index (κ1) is 12.9. The van der Waals surface area contributed by atoms with Crippen LogP contribution in [0.15, 0.2) is 51.9 Å². The molecule has 0 spiro atoms. The van der Waals surface area contributed by atoms with Crippen molar-refractivity contribution in [1.29, 1.82) is 0 Å². The largest absolute Gasteiger partial charge is 0.494 e. The first-order valence-electron chi connectivity index (χ1n) is 6.25. The molecule has 3 nitrogen and oxygen atoms in total. The van der Waals surface area contributed by atoms with Gasteiger partial charge in [-0.3, -0.25) is 4.99 Å². The molecule has 0 bridgehead atoms. The molecule has 2 N–H and O–H groups in total.